The number of nitrogens with one attached hydrogen (secondary N) is 1. The Morgan fingerprint density at radius 1 is 1.11 bits per heavy atom. The third-order valence-electron chi connectivity index (χ3n) is 4.43. The Kier molecular flexibility index (Phi) is 5.77. The number of para-hydroxylation sites is 1. The van der Waals surface area contributed by atoms with Gasteiger partial charge in [-0.3, -0.25) is 9.59 Å². The quantitative estimate of drug-likeness (QED) is 0.693. The lowest BCUT2D eigenvalue weighted by atomic mass is 10.2. The number of hydrogen-bond donors (Lipinski definition) is 1. The molecule has 1 heterocycles. The Morgan fingerprint density at radius 2 is 1.78 bits per heavy atom. The van der Waals surface area contributed by atoms with Crippen molar-refractivity contribution < 1.29 is 9.59 Å². The lowest BCUT2D eigenvalue weighted by Gasteiger charge is -2.26. The van der Waals surface area contributed by atoms with Gasteiger partial charge in [0.15, 0.2) is 0 Å². The highest BCUT2D eigenvalue weighted by molar-refractivity contribution is 7.18. The van der Waals surface area contributed by atoms with Crippen LogP contribution in [0.5, 0.6) is 0 Å². The smallest absolute Gasteiger partial charge is 0.253 e. The molecule has 3 rings (SSSR count). The molecule has 0 aliphatic carbocycles. The van der Waals surface area contributed by atoms with Crippen molar-refractivity contribution in [2.75, 3.05) is 7.05 Å². The lowest BCUT2D eigenvalue weighted by molar-refractivity contribution is -0.133. The topological polar surface area (TPSA) is 62.3 Å². The van der Waals surface area contributed by atoms with Gasteiger partial charge in [-0.05, 0) is 38.1 Å². The number of rotatable bonds is 5. The number of benzene rings is 2. The van der Waals surface area contributed by atoms with Crippen LogP contribution in [0.3, 0.4) is 0 Å². The van der Waals surface area contributed by atoms with Gasteiger partial charge in [0, 0.05) is 7.05 Å². The van der Waals surface area contributed by atoms with E-state index in [0.29, 0.717) is 10.6 Å². The summed E-state index contributed by atoms with van der Waals surface area (Å²) in [7, 11) is 1.72. The zero-order valence-corrected chi connectivity index (χ0v) is 16.8. The number of fused-ring (bicyclic) bond motifs is 1. The molecule has 2 amide bonds. The fraction of sp³-hybridized carbons (Fsp3) is 0.250. The van der Waals surface area contributed by atoms with Crippen LogP contribution < -0.4 is 5.32 Å². The van der Waals surface area contributed by atoms with Crippen LogP contribution in [0, 0.1) is 0 Å². The van der Waals surface area contributed by atoms with E-state index >= 15 is 0 Å². The second-order valence-corrected chi connectivity index (χ2v) is 7.79. The van der Waals surface area contributed by atoms with E-state index in [-0.39, 0.29) is 17.9 Å². The molecule has 0 aliphatic heterocycles. The lowest BCUT2D eigenvalue weighted by Crippen LogP contribution is -2.46. The second-order valence-electron chi connectivity index (χ2n) is 6.32. The molecule has 1 N–H and O–H groups in total. The minimum atomic E-state index is -0.685. The van der Waals surface area contributed by atoms with Gasteiger partial charge in [0.25, 0.3) is 5.91 Å². The molecule has 0 spiro atoms. The first-order valence-corrected chi connectivity index (χ1v) is 9.75. The third kappa shape index (κ3) is 4.12. The van der Waals surface area contributed by atoms with Crippen molar-refractivity contribution >= 4 is 45.0 Å². The Morgan fingerprint density at radius 3 is 2.48 bits per heavy atom. The zero-order chi connectivity index (χ0) is 19.6. The van der Waals surface area contributed by atoms with Crippen LogP contribution in [0.2, 0.25) is 5.02 Å². The minimum absolute atomic E-state index is 0.192. The number of amides is 2. The summed E-state index contributed by atoms with van der Waals surface area (Å²) in [6.07, 6.45) is 0. The van der Waals surface area contributed by atoms with Crippen molar-refractivity contribution in [2.24, 2.45) is 0 Å². The number of thiazole rings is 1. The second kappa shape index (κ2) is 8.06. The van der Waals surface area contributed by atoms with Gasteiger partial charge in [0.1, 0.15) is 11.0 Å². The zero-order valence-electron chi connectivity index (χ0n) is 15.3. The van der Waals surface area contributed by atoms with E-state index < -0.39 is 6.04 Å². The van der Waals surface area contributed by atoms with E-state index in [2.05, 4.69) is 10.3 Å². The summed E-state index contributed by atoms with van der Waals surface area (Å²) in [6, 6.07) is 13.7. The molecule has 0 radical (unpaired) electrons. The summed E-state index contributed by atoms with van der Waals surface area (Å²) in [5.74, 6) is -0.565. The van der Waals surface area contributed by atoms with E-state index in [1.807, 2.05) is 31.2 Å². The fourth-order valence-corrected chi connectivity index (χ4v) is 4.00. The van der Waals surface area contributed by atoms with E-state index in [1.54, 1.807) is 54.5 Å². The van der Waals surface area contributed by atoms with Gasteiger partial charge >= 0.3 is 0 Å². The summed E-state index contributed by atoms with van der Waals surface area (Å²) in [6.45, 7) is 3.59. The van der Waals surface area contributed by atoms with Crippen molar-refractivity contribution in [2.45, 2.75) is 25.9 Å². The number of carbonyl (C=O) groups is 2. The molecule has 27 heavy (non-hydrogen) atoms. The van der Waals surface area contributed by atoms with Gasteiger partial charge in [-0.25, -0.2) is 4.98 Å². The van der Waals surface area contributed by atoms with Crippen LogP contribution in [-0.2, 0) is 4.79 Å². The number of hydrogen-bond acceptors (Lipinski definition) is 4. The predicted molar refractivity (Wildman–Crippen MR) is 109 cm³/mol. The van der Waals surface area contributed by atoms with Crippen molar-refractivity contribution in [1.29, 1.82) is 0 Å². The molecule has 0 fully saturated rings. The average molecular weight is 402 g/mol. The maximum absolute atomic E-state index is 12.8. The molecule has 0 bridgehead atoms. The molecule has 0 aliphatic rings. The number of carbonyl (C=O) groups excluding carboxylic acids is 2. The van der Waals surface area contributed by atoms with Crippen molar-refractivity contribution in [3.8, 4) is 0 Å². The van der Waals surface area contributed by atoms with Crippen LogP contribution in [0.4, 0.5) is 0 Å². The summed E-state index contributed by atoms with van der Waals surface area (Å²) in [4.78, 5) is 31.4. The molecular weight excluding hydrogens is 382 g/mol. The maximum Gasteiger partial charge on any atom is 0.253 e. The van der Waals surface area contributed by atoms with Gasteiger partial charge in [0.2, 0.25) is 5.91 Å². The minimum Gasteiger partial charge on any atom is -0.340 e. The normalized spacial score (nSPS) is 13.2. The predicted octanol–water partition coefficient (Wildman–Crippen LogP) is 4.29. The number of nitrogens with zero attached hydrogens (tertiary/aromatic N) is 2. The first kappa shape index (κ1) is 19.3. The van der Waals surface area contributed by atoms with Gasteiger partial charge in [-0.2, -0.15) is 0 Å². The SMILES string of the molecule is C[C@H](NC(=O)c1ccccc1Cl)C(=O)N(C)[C@@H](C)c1nc2ccccc2s1. The van der Waals surface area contributed by atoms with Crippen molar-refractivity contribution in [3.05, 3.63) is 64.1 Å². The van der Waals surface area contributed by atoms with Crippen LogP contribution in [0.1, 0.15) is 35.3 Å². The molecule has 0 saturated heterocycles. The van der Waals surface area contributed by atoms with Crippen LogP contribution in [-0.4, -0.2) is 34.8 Å². The maximum atomic E-state index is 12.8. The number of likely N-dealkylation sites (N-methyl/N-ethyl adjacent to an activating group) is 1. The van der Waals surface area contributed by atoms with E-state index in [9.17, 15) is 9.59 Å². The first-order valence-electron chi connectivity index (χ1n) is 8.56. The van der Waals surface area contributed by atoms with E-state index in [4.69, 9.17) is 11.6 Å². The number of halogens is 1. The fourth-order valence-electron chi connectivity index (χ4n) is 2.71. The van der Waals surface area contributed by atoms with Gasteiger partial charge < -0.3 is 10.2 Å². The van der Waals surface area contributed by atoms with Crippen molar-refractivity contribution in [3.63, 3.8) is 0 Å². The molecule has 2 atom stereocenters. The summed E-state index contributed by atoms with van der Waals surface area (Å²) < 4.78 is 1.08. The standard InChI is InChI=1S/C20H20ClN3O2S/c1-12(22-18(25)14-8-4-5-9-15(14)21)20(26)24(3)13(2)19-23-16-10-6-7-11-17(16)27-19/h4-13H,1-3H3,(H,22,25)/t12-,13-/m0/s1. The Hall–Kier alpha value is -2.44. The van der Waals surface area contributed by atoms with Crippen LogP contribution in [0.25, 0.3) is 10.2 Å². The van der Waals surface area contributed by atoms with Gasteiger partial charge in [-0.15, -0.1) is 11.3 Å². The Bertz CT molecular complexity index is 955. The number of aromatic nitrogens is 1. The van der Waals surface area contributed by atoms with Gasteiger partial charge in [-0.1, -0.05) is 35.9 Å². The Balaban J connectivity index is 1.70. The molecule has 2 aromatic carbocycles. The first-order chi connectivity index (χ1) is 12.9. The highest BCUT2D eigenvalue weighted by atomic mass is 35.5. The van der Waals surface area contributed by atoms with Crippen LogP contribution in [0.15, 0.2) is 48.5 Å². The van der Waals surface area contributed by atoms with Gasteiger partial charge in [0.05, 0.1) is 26.8 Å². The van der Waals surface area contributed by atoms with E-state index in [1.165, 1.54) is 0 Å². The molecule has 7 heteroatoms. The molecule has 0 saturated carbocycles. The monoisotopic (exact) mass is 401 g/mol. The third-order valence-corrected chi connectivity index (χ3v) is 5.97. The average Bonchev–Trinajstić information content (AvgIpc) is 3.10. The molecular formula is C20H20ClN3O2S. The molecule has 5 nitrogen and oxygen atoms in total. The van der Waals surface area contributed by atoms with E-state index in [0.717, 1.165) is 15.2 Å². The molecule has 3 aromatic rings. The largest absolute Gasteiger partial charge is 0.340 e. The highest BCUT2D eigenvalue weighted by Gasteiger charge is 2.26. The molecule has 1 aromatic heterocycles. The molecule has 0 unspecified atom stereocenters. The Labute approximate surface area is 167 Å². The summed E-state index contributed by atoms with van der Waals surface area (Å²) >= 11 is 7.62. The summed E-state index contributed by atoms with van der Waals surface area (Å²) in [5.41, 5.74) is 1.27. The highest BCUT2D eigenvalue weighted by Crippen LogP contribution is 2.29. The van der Waals surface area contributed by atoms with Crippen LogP contribution >= 0.6 is 22.9 Å². The van der Waals surface area contributed by atoms with Crippen molar-refractivity contribution in [1.82, 2.24) is 15.2 Å². The summed E-state index contributed by atoms with van der Waals surface area (Å²) in [5, 5.41) is 3.93. The molecule has 140 valence electrons.